The molecule has 0 aromatic rings. The number of amides is 2. The van der Waals surface area contributed by atoms with Crippen LogP contribution in [0.25, 0.3) is 0 Å². The van der Waals surface area contributed by atoms with Gasteiger partial charge in [-0.25, -0.2) is 4.79 Å². The number of methoxy groups -OCH3 is 1. The monoisotopic (exact) mass is 272 g/mol. The van der Waals surface area contributed by atoms with Crippen molar-refractivity contribution in [1.82, 2.24) is 10.6 Å². The quantitative estimate of drug-likeness (QED) is 0.524. The molecule has 0 aromatic heterocycles. The van der Waals surface area contributed by atoms with Crippen LogP contribution in [0.5, 0.6) is 0 Å². The summed E-state index contributed by atoms with van der Waals surface area (Å²) < 4.78 is 4.94. The van der Waals surface area contributed by atoms with Crippen LogP contribution >= 0.6 is 0 Å². The molecule has 0 saturated heterocycles. The highest BCUT2D eigenvalue weighted by atomic mass is 16.5. The highest BCUT2D eigenvalue weighted by molar-refractivity contribution is 5.75. The van der Waals surface area contributed by atoms with Gasteiger partial charge in [0.15, 0.2) is 0 Å². The van der Waals surface area contributed by atoms with Gasteiger partial charge in [-0.1, -0.05) is 0 Å². The third-order valence-corrected chi connectivity index (χ3v) is 3.21. The summed E-state index contributed by atoms with van der Waals surface area (Å²) >= 11 is 0. The number of ether oxygens (including phenoxy) is 1. The van der Waals surface area contributed by atoms with Crippen molar-refractivity contribution in [2.24, 2.45) is 5.92 Å². The third kappa shape index (κ3) is 7.66. The molecule has 110 valence electrons. The van der Waals surface area contributed by atoms with E-state index in [1.54, 1.807) is 7.11 Å². The van der Waals surface area contributed by atoms with Crippen LogP contribution in [0, 0.1) is 5.92 Å². The Hall–Kier alpha value is -1.30. The summed E-state index contributed by atoms with van der Waals surface area (Å²) in [5, 5.41) is 14.3. The zero-order valence-corrected chi connectivity index (χ0v) is 11.5. The van der Waals surface area contributed by atoms with Gasteiger partial charge >= 0.3 is 12.0 Å². The maximum absolute atomic E-state index is 11.6. The Bertz CT molecular complexity index is 292. The number of urea groups is 1. The van der Waals surface area contributed by atoms with E-state index in [1.807, 2.05) is 0 Å². The lowest BCUT2D eigenvalue weighted by Crippen LogP contribution is -2.44. The fourth-order valence-corrected chi connectivity index (χ4v) is 1.99. The number of hydrogen-bond acceptors (Lipinski definition) is 3. The van der Waals surface area contributed by atoms with E-state index in [9.17, 15) is 9.59 Å². The molecule has 0 heterocycles. The van der Waals surface area contributed by atoms with Gasteiger partial charge < -0.3 is 20.5 Å². The molecule has 0 bridgehead atoms. The molecule has 6 nitrogen and oxygen atoms in total. The van der Waals surface area contributed by atoms with Crippen molar-refractivity contribution in [3.8, 4) is 0 Å². The Balaban J connectivity index is 2.09. The first kappa shape index (κ1) is 15.8. The first-order valence-corrected chi connectivity index (χ1v) is 6.88. The van der Waals surface area contributed by atoms with E-state index in [4.69, 9.17) is 9.84 Å². The van der Waals surface area contributed by atoms with Gasteiger partial charge in [-0.15, -0.1) is 0 Å². The average molecular weight is 272 g/mol. The van der Waals surface area contributed by atoms with Crippen molar-refractivity contribution < 1.29 is 19.4 Å². The zero-order chi connectivity index (χ0) is 14.1. The Kier molecular flexibility index (Phi) is 7.25. The molecule has 1 aliphatic rings. The van der Waals surface area contributed by atoms with Gasteiger partial charge in [0.2, 0.25) is 0 Å². The highest BCUT2D eigenvalue weighted by Gasteiger charge is 2.33. The van der Waals surface area contributed by atoms with Crippen LogP contribution in [-0.4, -0.2) is 43.4 Å². The van der Waals surface area contributed by atoms with Crippen LogP contribution in [-0.2, 0) is 9.53 Å². The van der Waals surface area contributed by atoms with Gasteiger partial charge in [-0.05, 0) is 38.0 Å². The van der Waals surface area contributed by atoms with Gasteiger partial charge in [0, 0.05) is 26.3 Å². The van der Waals surface area contributed by atoms with Crippen molar-refractivity contribution in [2.45, 2.75) is 44.6 Å². The molecule has 1 saturated carbocycles. The van der Waals surface area contributed by atoms with E-state index in [1.165, 1.54) is 0 Å². The van der Waals surface area contributed by atoms with Crippen molar-refractivity contribution >= 4 is 12.0 Å². The number of unbranched alkanes of at least 4 members (excludes halogenated alkanes) is 2. The smallest absolute Gasteiger partial charge is 0.315 e. The minimum Gasteiger partial charge on any atom is -0.481 e. The molecule has 3 N–H and O–H groups in total. The van der Waals surface area contributed by atoms with E-state index < -0.39 is 5.97 Å². The number of carboxylic acids is 1. The third-order valence-electron chi connectivity index (χ3n) is 3.21. The number of aliphatic carboxylic acids is 1. The second-order valence-corrected chi connectivity index (χ2v) is 5.00. The molecule has 1 aliphatic carbocycles. The maximum atomic E-state index is 11.6. The topological polar surface area (TPSA) is 87.7 Å². The largest absolute Gasteiger partial charge is 0.481 e. The van der Waals surface area contributed by atoms with Gasteiger partial charge in [0.05, 0.1) is 6.42 Å². The lowest BCUT2D eigenvalue weighted by atomic mass is 10.1. The number of hydrogen-bond donors (Lipinski definition) is 3. The first-order chi connectivity index (χ1) is 9.13. The number of carbonyl (C=O) groups excluding carboxylic acids is 1. The van der Waals surface area contributed by atoms with E-state index in [0.29, 0.717) is 12.5 Å². The number of carbonyl (C=O) groups is 2. The van der Waals surface area contributed by atoms with Gasteiger partial charge in [0.1, 0.15) is 0 Å². The van der Waals surface area contributed by atoms with Crippen LogP contribution in [0.1, 0.15) is 38.5 Å². The van der Waals surface area contributed by atoms with Crippen molar-refractivity contribution in [2.75, 3.05) is 20.3 Å². The summed E-state index contributed by atoms with van der Waals surface area (Å²) in [7, 11) is 1.67. The zero-order valence-electron chi connectivity index (χ0n) is 11.5. The molecule has 1 unspecified atom stereocenters. The van der Waals surface area contributed by atoms with Gasteiger partial charge in [-0.3, -0.25) is 4.79 Å². The predicted molar refractivity (Wildman–Crippen MR) is 71.0 cm³/mol. The fourth-order valence-electron chi connectivity index (χ4n) is 1.99. The van der Waals surface area contributed by atoms with Crippen LogP contribution in [0.2, 0.25) is 0 Å². The lowest BCUT2D eigenvalue weighted by Gasteiger charge is -2.16. The van der Waals surface area contributed by atoms with E-state index in [-0.39, 0.29) is 18.5 Å². The molecule has 19 heavy (non-hydrogen) atoms. The summed E-state index contributed by atoms with van der Waals surface area (Å²) in [5.74, 6) is -0.527. The molecule has 1 fully saturated rings. The average Bonchev–Trinajstić information content (AvgIpc) is 3.16. The summed E-state index contributed by atoms with van der Waals surface area (Å²) in [4.78, 5) is 22.3. The molecule has 1 rings (SSSR count). The first-order valence-electron chi connectivity index (χ1n) is 6.88. The molecule has 0 aromatic carbocycles. The van der Waals surface area contributed by atoms with E-state index in [0.717, 1.165) is 38.7 Å². The summed E-state index contributed by atoms with van der Waals surface area (Å²) in [5.41, 5.74) is 0. The van der Waals surface area contributed by atoms with Crippen LogP contribution in [0.3, 0.4) is 0 Å². The fraction of sp³-hybridized carbons (Fsp3) is 0.846. The standard InChI is InChI=1S/C13H24N2O4/c1-19-8-4-2-3-7-14-13(18)15-11(9-12(16)17)10-5-6-10/h10-11H,2-9H2,1H3,(H,16,17)(H2,14,15,18). The van der Waals surface area contributed by atoms with Crippen LogP contribution in [0.15, 0.2) is 0 Å². The van der Waals surface area contributed by atoms with Gasteiger partial charge in [-0.2, -0.15) is 0 Å². The van der Waals surface area contributed by atoms with Crippen LogP contribution < -0.4 is 10.6 Å². The number of nitrogens with one attached hydrogen (secondary N) is 2. The highest BCUT2D eigenvalue weighted by Crippen LogP contribution is 2.33. The second kappa shape index (κ2) is 8.74. The number of rotatable bonds is 10. The maximum Gasteiger partial charge on any atom is 0.315 e. The summed E-state index contributed by atoms with van der Waals surface area (Å²) in [6, 6.07) is -0.490. The molecule has 0 spiro atoms. The predicted octanol–water partition coefficient (Wildman–Crippen LogP) is 1.36. The van der Waals surface area contributed by atoms with Crippen LogP contribution in [0.4, 0.5) is 4.79 Å². The minimum absolute atomic E-state index is 0.00588. The second-order valence-electron chi connectivity index (χ2n) is 5.00. The van der Waals surface area contributed by atoms with Crippen molar-refractivity contribution in [3.05, 3.63) is 0 Å². The molecular weight excluding hydrogens is 248 g/mol. The SMILES string of the molecule is COCCCCCNC(=O)NC(CC(=O)O)C1CC1. The normalized spacial score (nSPS) is 15.8. The minimum atomic E-state index is -0.864. The van der Waals surface area contributed by atoms with E-state index >= 15 is 0 Å². The molecule has 1 atom stereocenters. The molecule has 2 amide bonds. The molecular formula is C13H24N2O4. The Morgan fingerprint density at radius 3 is 2.63 bits per heavy atom. The number of carboxylic acid groups (broad SMARTS) is 1. The summed E-state index contributed by atoms with van der Waals surface area (Å²) in [6.45, 7) is 1.36. The van der Waals surface area contributed by atoms with E-state index in [2.05, 4.69) is 10.6 Å². The molecule has 0 radical (unpaired) electrons. The van der Waals surface area contributed by atoms with Gasteiger partial charge in [0.25, 0.3) is 0 Å². The Morgan fingerprint density at radius 2 is 2.05 bits per heavy atom. The van der Waals surface area contributed by atoms with Crippen molar-refractivity contribution in [3.63, 3.8) is 0 Å². The Morgan fingerprint density at radius 1 is 1.32 bits per heavy atom. The molecule has 6 heteroatoms. The van der Waals surface area contributed by atoms with Crippen molar-refractivity contribution in [1.29, 1.82) is 0 Å². The Labute approximate surface area is 113 Å². The molecule has 0 aliphatic heterocycles. The lowest BCUT2D eigenvalue weighted by molar-refractivity contribution is -0.137. The summed E-state index contributed by atoms with van der Waals surface area (Å²) in [6.07, 6.45) is 4.93.